The fourth-order valence-corrected chi connectivity index (χ4v) is 2.45. The molecule has 1 aromatic carbocycles. The van der Waals surface area contributed by atoms with Gasteiger partial charge in [-0.2, -0.15) is 0 Å². The predicted octanol–water partition coefficient (Wildman–Crippen LogP) is 2.05. The minimum atomic E-state index is 0.168. The molecule has 0 aromatic heterocycles. The Bertz CT molecular complexity index is 428. The van der Waals surface area contributed by atoms with Crippen molar-refractivity contribution in [3.05, 3.63) is 24.3 Å². The molecule has 1 unspecified atom stereocenters. The van der Waals surface area contributed by atoms with Crippen molar-refractivity contribution in [1.29, 1.82) is 0 Å². The van der Waals surface area contributed by atoms with Gasteiger partial charge in [-0.05, 0) is 44.0 Å². The molecule has 0 radical (unpaired) electrons. The summed E-state index contributed by atoms with van der Waals surface area (Å²) in [6, 6.07) is 7.60. The normalized spacial score (nSPS) is 18.9. The van der Waals surface area contributed by atoms with Gasteiger partial charge in [-0.15, -0.1) is 0 Å². The number of rotatable bonds is 4. The van der Waals surface area contributed by atoms with Gasteiger partial charge >= 0.3 is 0 Å². The molecule has 1 aliphatic heterocycles. The molecule has 0 bridgehead atoms. The maximum atomic E-state index is 12.3. The molecule has 19 heavy (non-hydrogen) atoms. The second-order valence-electron chi connectivity index (χ2n) is 5.07. The SMILES string of the molecule is COc1cccc(N(C)C(=O)CC2CCCNC2)c1. The summed E-state index contributed by atoms with van der Waals surface area (Å²) in [5.74, 6) is 1.41. The van der Waals surface area contributed by atoms with E-state index in [-0.39, 0.29) is 5.91 Å². The van der Waals surface area contributed by atoms with Gasteiger partial charge in [0.2, 0.25) is 5.91 Å². The molecule has 104 valence electrons. The lowest BCUT2D eigenvalue weighted by Crippen LogP contribution is -2.35. The number of hydrogen-bond acceptors (Lipinski definition) is 3. The van der Waals surface area contributed by atoms with E-state index in [0.717, 1.165) is 30.9 Å². The minimum Gasteiger partial charge on any atom is -0.497 e. The lowest BCUT2D eigenvalue weighted by Gasteiger charge is -2.25. The Labute approximate surface area is 114 Å². The number of carbonyl (C=O) groups excluding carboxylic acids is 1. The zero-order chi connectivity index (χ0) is 13.7. The molecule has 1 N–H and O–H groups in total. The van der Waals surface area contributed by atoms with Crippen LogP contribution in [0.2, 0.25) is 0 Å². The third-order valence-electron chi connectivity index (χ3n) is 3.68. The molecule has 2 rings (SSSR count). The van der Waals surface area contributed by atoms with Crippen LogP contribution in [0.3, 0.4) is 0 Å². The monoisotopic (exact) mass is 262 g/mol. The Morgan fingerprint density at radius 2 is 2.37 bits per heavy atom. The van der Waals surface area contributed by atoms with Gasteiger partial charge in [-0.25, -0.2) is 0 Å². The van der Waals surface area contributed by atoms with Gasteiger partial charge in [0.05, 0.1) is 7.11 Å². The van der Waals surface area contributed by atoms with Gasteiger partial charge < -0.3 is 15.0 Å². The van der Waals surface area contributed by atoms with Crippen LogP contribution >= 0.6 is 0 Å². The third kappa shape index (κ3) is 3.70. The fourth-order valence-electron chi connectivity index (χ4n) is 2.45. The largest absolute Gasteiger partial charge is 0.497 e. The molecule has 4 nitrogen and oxygen atoms in total. The van der Waals surface area contributed by atoms with E-state index < -0.39 is 0 Å². The highest BCUT2D eigenvalue weighted by Gasteiger charge is 2.19. The van der Waals surface area contributed by atoms with Gasteiger partial charge in [-0.1, -0.05) is 6.07 Å². The van der Waals surface area contributed by atoms with E-state index in [1.165, 1.54) is 6.42 Å². The Hall–Kier alpha value is -1.55. The summed E-state index contributed by atoms with van der Waals surface area (Å²) in [6.45, 7) is 2.04. The summed E-state index contributed by atoms with van der Waals surface area (Å²) in [4.78, 5) is 14.0. The van der Waals surface area contributed by atoms with Gasteiger partial charge in [-0.3, -0.25) is 4.79 Å². The first-order chi connectivity index (χ1) is 9.20. The van der Waals surface area contributed by atoms with Crippen molar-refractivity contribution in [3.63, 3.8) is 0 Å². The van der Waals surface area contributed by atoms with Crippen molar-refractivity contribution in [2.24, 2.45) is 5.92 Å². The van der Waals surface area contributed by atoms with Crippen LogP contribution in [0.15, 0.2) is 24.3 Å². The van der Waals surface area contributed by atoms with Crippen molar-refractivity contribution >= 4 is 11.6 Å². The number of piperidine rings is 1. The van der Waals surface area contributed by atoms with E-state index in [1.54, 1.807) is 12.0 Å². The molecular formula is C15H22N2O2. The molecule has 1 atom stereocenters. The van der Waals surface area contributed by atoms with Gasteiger partial charge in [0.15, 0.2) is 0 Å². The first-order valence-corrected chi connectivity index (χ1v) is 6.82. The maximum absolute atomic E-state index is 12.3. The molecule has 1 fully saturated rings. The third-order valence-corrected chi connectivity index (χ3v) is 3.68. The summed E-state index contributed by atoms with van der Waals surface area (Å²) in [6.07, 6.45) is 2.92. The number of methoxy groups -OCH3 is 1. The van der Waals surface area contributed by atoms with E-state index in [4.69, 9.17) is 4.74 Å². The quantitative estimate of drug-likeness (QED) is 0.903. The molecule has 1 amide bonds. The summed E-state index contributed by atoms with van der Waals surface area (Å²) in [5.41, 5.74) is 0.883. The van der Waals surface area contributed by atoms with E-state index in [0.29, 0.717) is 12.3 Å². The van der Waals surface area contributed by atoms with Gasteiger partial charge in [0.1, 0.15) is 5.75 Å². The smallest absolute Gasteiger partial charge is 0.227 e. The van der Waals surface area contributed by atoms with E-state index in [1.807, 2.05) is 31.3 Å². The highest BCUT2D eigenvalue weighted by atomic mass is 16.5. The lowest BCUT2D eigenvalue weighted by atomic mass is 9.95. The summed E-state index contributed by atoms with van der Waals surface area (Å²) < 4.78 is 5.19. The van der Waals surface area contributed by atoms with Crippen molar-refractivity contribution in [2.45, 2.75) is 19.3 Å². The minimum absolute atomic E-state index is 0.168. The number of anilines is 1. The Morgan fingerprint density at radius 3 is 3.05 bits per heavy atom. The van der Waals surface area contributed by atoms with E-state index >= 15 is 0 Å². The summed E-state index contributed by atoms with van der Waals surface area (Å²) >= 11 is 0. The number of nitrogens with one attached hydrogen (secondary N) is 1. The van der Waals surface area contributed by atoms with Gasteiger partial charge in [0.25, 0.3) is 0 Å². The number of nitrogens with zero attached hydrogens (tertiary/aromatic N) is 1. The zero-order valence-electron chi connectivity index (χ0n) is 11.7. The molecular weight excluding hydrogens is 240 g/mol. The first-order valence-electron chi connectivity index (χ1n) is 6.82. The zero-order valence-corrected chi connectivity index (χ0v) is 11.7. The molecule has 1 heterocycles. The van der Waals surface area contributed by atoms with Crippen LogP contribution < -0.4 is 15.0 Å². The maximum Gasteiger partial charge on any atom is 0.227 e. The molecule has 1 aromatic rings. The Balaban J connectivity index is 1.97. The van der Waals surface area contributed by atoms with Crippen LogP contribution in [0.25, 0.3) is 0 Å². The van der Waals surface area contributed by atoms with E-state index in [9.17, 15) is 4.79 Å². The second kappa shape index (κ2) is 6.57. The van der Waals surface area contributed by atoms with Crippen molar-refractivity contribution in [2.75, 3.05) is 32.1 Å². The lowest BCUT2D eigenvalue weighted by molar-refractivity contribution is -0.119. The molecule has 4 heteroatoms. The van der Waals surface area contributed by atoms with Crippen molar-refractivity contribution in [1.82, 2.24) is 5.32 Å². The topological polar surface area (TPSA) is 41.6 Å². The van der Waals surface area contributed by atoms with Gasteiger partial charge in [0, 0.05) is 25.2 Å². The average Bonchev–Trinajstić information content (AvgIpc) is 2.47. The van der Waals surface area contributed by atoms with E-state index in [2.05, 4.69) is 5.32 Å². The predicted molar refractivity (Wildman–Crippen MR) is 76.6 cm³/mol. The van der Waals surface area contributed by atoms with Crippen molar-refractivity contribution < 1.29 is 9.53 Å². The number of carbonyl (C=O) groups is 1. The molecule has 0 aliphatic carbocycles. The van der Waals surface area contributed by atoms with Crippen LogP contribution in [0, 0.1) is 5.92 Å². The molecule has 0 spiro atoms. The number of amides is 1. The summed E-state index contributed by atoms with van der Waals surface area (Å²) in [7, 11) is 3.46. The van der Waals surface area contributed by atoms with Crippen LogP contribution in [0.4, 0.5) is 5.69 Å². The highest BCUT2D eigenvalue weighted by molar-refractivity contribution is 5.93. The van der Waals surface area contributed by atoms with Crippen LogP contribution in [-0.4, -0.2) is 33.2 Å². The molecule has 1 aliphatic rings. The van der Waals surface area contributed by atoms with Crippen LogP contribution in [0.1, 0.15) is 19.3 Å². The Kier molecular flexibility index (Phi) is 4.80. The second-order valence-corrected chi connectivity index (χ2v) is 5.07. The Morgan fingerprint density at radius 1 is 1.53 bits per heavy atom. The van der Waals surface area contributed by atoms with Crippen LogP contribution in [-0.2, 0) is 4.79 Å². The standard InChI is InChI=1S/C15H22N2O2/c1-17(13-6-3-7-14(10-13)19-2)15(18)9-12-5-4-8-16-11-12/h3,6-7,10,12,16H,4-5,8-9,11H2,1-2H3. The first kappa shape index (κ1) is 13.9. The molecule has 0 saturated carbocycles. The summed E-state index contributed by atoms with van der Waals surface area (Å²) in [5, 5.41) is 3.35. The fraction of sp³-hybridized carbons (Fsp3) is 0.533. The molecule has 1 saturated heterocycles. The average molecular weight is 262 g/mol. The number of ether oxygens (including phenoxy) is 1. The number of benzene rings is 1. The van der Waals surface area contributed by atoms with Crippen LogP contribution in [0.5, 0.6) is 5.75 Å². The van der Waals surface area contributed by atoms with Crippen molar-refractivity contribution in [3.8, 4) is 5.75 Å². The highest BCUT2D eigenvalue weighted by Crippen LogP contribution is 2.22. The number of hydrogen-bond donors (Lipinski definition) is 1.